The summed E-state index contributed by atoms with van der Waals surface area (Å²) in [6.07, 6.45) is 0. The Balaban J connectivity index is 1.93. The molecule has 1 aliphatic heterocycles. The van der Waals surface area contributed by atoms with Crippen LogP contribution in [0.3, 0.4) is 0 Å². The highest BCUT2D eigenvalue weighted by atomic mass is 16.5. The van der Waals surface area contributed by atoms with Gasteiger partial charge in [-0.3, -0.25) is 0 Å². The van der Waals surface area contributed by atoms with Crippen LogP contribution in [0.2, 0.25) is 0 Å². The SMILES string of the molecule is CCOC(=O)C1=C(COC(=O)c2cc(OC)c(C)c(OC)c2)NC(=O)NC1c1ccc(OC)cc1. The average Bonchev–Trinajstić information content (AvgIpc) is 2.87. The maximum atomic E-state index is 12.9. The maximum Gasteiger partial charge on any atom is 0.338 e. The van der Waals surface area contributed by atoms with E-state index in [1.807, 2.05) is 0 Å². The van der Waals surface area contributed by atoms with Crippen molar-refractivity contribution in [1.29, 1.82) is 0 Å². The lowest BCUT2D eigenvalue weighted by Gasteiger charge is -2.29. The van der Waals surface area contributed by atoms with Crippen molar-refractivity contribution in [3.63, 3.8) is 0 Å². The van der Waals surface area contributed by atoms with Crippen LogP contribution in [0.15, 0.2) is 47.7 Å². The Kier molecular flexibility index (Phi) is 8.19. The third kappa shape index (κ3) is 5.65. The van der Waals surface area contributed by atoms with Crippen LogP contribution in [0.1, 0.15) is 34.5 Å². The molecule has 10 nitrogen and oxygen atoms in total. The quantitative estimate of drug-likeness (QED) is 0.521. The summed E-state index contributed by atoms with van der Waals surface area (Å²) < 4.78 is 26.5. The fraction of sp³-hybridized carbons (Fsp3) is 0.320. The number of carbonyl (C=O) groups is 3. The van der Waals surface area contributed by atoms with Crippen LogP contribution in [-0.4, -0.2) is 52.5 Å². The van der Waals surface area contributed by atoms with Gasteiger partial charge in [-0.2, -0.15) is 0 Å². The van der Waals surface area contributed by atoms with Crippen molar-refractivity contribution in [3.05, 3.63) is 64.4 Å². The van der Waals surface area contributed by atoms with E-state index in [-0.39, 0.29) is 30.0 Å². The molecule has 1 unspecified atom stereocenters. The molecule has 3 rings (SSSR count). The summed E-state index contributed by atoms with van der Waals surface area (Å²) in [6.45, 7) is 3.23. The molecule has 2 aromatic carbocycles. The molecule has 1 aliphatic rings. The van der Waals surface area contributed by atoms with E-state index in [0.29, 0.717) is 22.8 Å². The molecule has 0 aromatic heterocycles. The van der Waals surface area contributed by atoms with Gasteiger partial charge < -0.3 is 34.3 Å². The number of nitrogens with one attached hydrogen (secondary N) is 2. The zero-order valence-corrected chi connectivity index (χ0v) is 20.2. The summed E-state index contributed by atoms with van der Waals surface area (Å²) in [7, 11) is 4.51. The van der Waals surface area contributed by atoms with Crippen LogP contribution in [-0.2, 0) is 14.3 Å². The standard InChI is InChI=1S/C25H28N2O8/c1-6-34-24(29)21-18(26-25(30)27-22(21)15-7-9-17(31-3)10-8-15)13-35-23(28)16-11-19(32-4)14(2)20(12-16)33-5/h7-12,22H,6,13H2,1-5H3,(H2,26,27,30). The van der Waals surface area contributed by atoms with Gasteiger partial charge in [-0.15, -0.1) is 0 Å². The highest BCUT2D eigenvalue weighted by molar-refractivity contribution is 5.95. The highest BCUT2D eigenvalue weighted by Gasteiger charge is 2.34. The number of carbonyl (C=O) groups excluding carboxylic acids is 3. The van der Waals surface area contributed by atoms with Crippen LogP contribution in [0, 0.1) is 6.92 Å². The molecule has 0 radical (unpaired) electrons. The second-order valence-corrected chi connectivity index (χ2v) is 7.50. The topological polar surface area (TPSA) is 121 Å². The van der Waals surface area contributed by atoms with E-state index < -0.39 is 24.0 Å². The third-order valence-electron chi connectivity index (χ3n) is 5.43. The van der Waals surface area contributed by atoms with E-state index >= 15 is 0 Å². The van der Waals surface area contributed by atoms with E-state index in [9.17, 15) is 14.4 Å². The van der Waals surface area contributed by atoms with E-state index in [1.54, 1.807) is 38.1 Å². The fourth-order valence-electron chi connectivity index (χ4n) is 3.65. The van der Waals surface area contributed by atoms with Gasteiger partial charge in [0.2, 0.25) is 0 Å². The zero-order valence-electron chi connectivity index (χ0n) is 20.2. The largest absolute Gasteiger partial charge is 0.497 e. The van der Waals surface area contributed by atoms with Gasteiger partial charge in [0, 0.05) is 5.56 Å². The molecule has 2 aromatic rings. The Bertz CT molecular complexity index is 1120. The minimum atomic E-state index is -0.818. The molecule has 0 aliphatic carbocycles. The first kappa shape index (κ1) is 25.4. The monoisotopic (exact) mass is 484 g/mol. The summed E-state index contributed by atoms with van der Waals surface area (Å²) in [5.74, 6) is 0.195. The Morgan fingerprint density at radius 2 is 1.54 bits per heavy atom. The van der Waals surface area contributed by atoms with Gasteiger partial charge in [0.25, 0.3) is 0 Å². The van der Waals surface area contributed by atoms with E-state index in [1.165, 1.54) is 33.5 Å². The van der Waals surface area contributed by atoms with Crippen molar-refractivity contribution in [3.8, 4) is 17.2 Å². The van der Waals surface area contributed by atoms with Gasteiger partial charge in [-0.1, -0.05) is 12.1 Å². The van der Waals surface area contributed by atoms with Crippen molar-refractivity contribution < 1.29 is 38.1 Å². The normalized spacial score (nSPS) is 15.0. The molecule has 0 saturated carbocycles. The van der Waals surface area contributed by atoms with Crippen molar-refractivity contribution in [2.45, 2.75) is 19.9 Å². The predicted octanol–water partition coefficient (Wildman–Crippen LogP) is 3.05. The lowest BCUT2D eigenvalue weighted by molar-refractivity contribution is -0.139. The van der Waals surface area contributed by atoms with Gasteiger partial charge in [0.1, 0.15) is 23.9 Å². The number of methoxy groups -OCH3 is 3. The molecule has 10 heteroatoms. The molecule has 0 fully saturated rings. The smallest absolute Gasteiger partial charge is 0.338 e. The van der Waals surface area contributed by atoms with Gasteiger partial charge in [0.15, 0.2) is 0 Å². The van der Waals surface area contributed by atoms with Gasteiger partial charge in [0.05, 0.1) is 50.8 Å². The molecular formula is C25H28N2O8. The van der Waals surface area contributed by atoms with Crippen molar-refractivity contribution in [2.24, 2.45) is 0 Å². The minimum Gasteiger partial charge on any atom is -0.497 e. The van der Waals surface area contributed by atoms with Crippen LogP contribution in [0.4, 0.5) is 4.79 Å². The second-order valence-electron chi connectivity index (χ2n) is 7.50. The number of hydrogen-bond acceptors (Lipinski definition) is 8. The fourth-order valence-corrected chi connectivity index (χ4v) is 3.65. The molecule has 0 bridgehead atoms. The molecular weight excluding hydrogens is 456 g/mol. The molecule has 0 saturated heterocycles. The molecule has 2 N–H and O–H groups in total. The van der Waals surface area contributed by atoms with Crippen LogP contribution in [0.25, 0.3) is 0 Å². The Morgan fingerprint density at radius 3 is 2.09 bits per heavy atom. The van der Waals surface area contributed by atoms with E-state index in [4.69, 9.17) is 23.7 Å². The third-order valence-corrected chi connectivity index (χ3v) is 5.43. The van der Waals surface area contributed by atoms with Gasteiger partial charge in [-0.05, 0) is 43.7 Å². The molecule has 1 atom stereocenters. The maximum absolute atomic E-state index is 12.9. The Morgan fingerprint density at radius 1 is 0.914 bits per heavy atom. The summed E-state index contributed by atoms with van der Waals surface area (Å²) >= 11 is 0. The first-order valence-corrected chi connectivity index (χ1v) is 10.8. The van der Waals surface area contributed by atoms with Gasteiger partial charge >= 0.3 is 18.0 Å². The summed E-state index contributed by atoms with van der Waals surface area (Å²) in [5.41, 5.74) is 1.79. The molecule has 1 heterocycles. The molecule has 186 valence electrons. The van der Waals surface area contributed by atoms with Crippen molar-refractivity contribution in [2.75, 3.05) is 34.5 Å². The van der Waals surface area contributed by atoms with Crippen LogP contribution < -0.4 is 24.8 Å². The molecule has 0 spiro atoms. The van der Waals surface area contributed by atoms with E-state index in [0.717, 1.165) is 5.56 Å². The summed E-state index contributed by atoms with van der Waals surface area (Å²) in [5, 5.41) is 5.29. The number of amides is 2. The number of rotatable bonds is 9. The average molecular weight is 485 g/mol. The first-order chi connectivity index (χ1) is 16.8. The number of esters is 2. The lowest BCUT2D eigenvalue weighted by atomic mass is 9.95. The molecule has 35 heavy (non-hydrogen) atoms. The number of urea groups is 1. The highest BCUT2D eigenvalue weighted by Crippen LogP contribution is 2.31. The van der Waals surface area contributed by atoms with Crippen LogP contribution in [0.5, 0.6) is 17.2 Å². The summed E-state index contributed by atoms with van der Waals surface area (Å²) in [4.78, 5) is 38.1. The van der Waals surface area contributed by atoms with Crippen molar-refractivity contribution in [1.82, 2.24) is 10.6 Å². The van der Waals surface area contributed by atoms with E-state index in [2.05, 4.69) is 10.6 Å². The second kappa shape index (κ2) is 11.3. The molecule has 2 amide bonds. The van der Waals surface area contributed by atoms with Crippen molar-refractivity contribution >= 4 is 18.0 Å². The lowest BCUT2D eigenvalue weighted by Crippen LogP contribution is -2.47. The zero-order chi connectivity index (χ0) is 25.5. The Labute approximate surface area is 203 Å². The number of benzene rings is 2. The number of ether oxygens (including phenoxy) is 5. The minimum absolute atomic E-state index is 0.118. The van der Waals surface area contributed by atoms with Crippen LogP contribution >= 0.6 is 0 Å². The number of hydrogen-bond donors (Lipinski definition) is 2. The predicted molar refractivity (Wildman–Crippen MR) is 126 cm³/mol. The summed E-state index contributed by atoms with van der Waals surface area (Å²) in [6, 6.07) is 8.56. The van der Waals surface area contributed by atoms with Gasteiger partial charge in [-0.25, -0.2) is 14.4 Å². The Hall–Kier alpha value is -4.21. The first-order valence-electron chi connectivity index (χ1n) is 10.8.